The van der Waals surface area contributed by atoms with E-state index in [1.165, 1.54) is 6.92 Å². The van der Waals surface area contributed by atoms with Crippen LogP contribution in [0.5, 0.6) is 0 Å². The van der Waals surface area contributed by atoms with Crippen LogP contribution in [0.15, 0.2) is 47.3 Å². The van der Waals surface area contributed by atoms with Crippen molar-refractivity contribution in [1.29, 1.82) is 0 Å². The van der Waals surface area contributed by atoms with Crippen molar-refractivity contribution in [1.82, 2.24) is 4.98 Å². The summed E-state index contributed by atoms with van der Waals surface area (Å²) >= 11 is 0. The van der Waals surface area contributed by atoms with Gasteiger partial charge in [0.15, 0.2) is 0 Å². The van der Waals surface area contributed by atoms with Crippen LogP contribution in [0.1, 0.15) is 34.8 Å². The molecular weight excluding hydrogens is 342 g/mol. The number of hydrogen-bond donors (Lipinski definition) is 3. The zero-order chi connectivity index (χ0) is 19.0. The Morgan fingerprint density at radius 2 is 1.63 bits per heavy atom. The van der Waals surface area contributed by atoms with Crippen molar-refractivity contribution < 1.29 is 9.59 Å². The largest absolute Gasteiger partial charge is 0.326 e. The fourth-order valence-corrected chi connectivity index (χ4v) is 3.59. The number of fused-ring (bicyclic) bond motifs is 3. The Bertz CT molecular complexity index is 1110. The van der Waals surface area contributed by atoms with Gasteiger partial charge in [0.1, 0.15) is 0 Å². The molecule has 0 bridgehead atoms. The summed E-state index contributed by atoms with van der Waals surface area (Å²) in [7, 11) is 0. The molecule has 1 aliphatic carbocycles. The molecule has 2 aromatic carbocycles. The van der Waals surface area contributed by atoms with E-state index in [9.17, 15) is 14.4 Å². The van der Waals surface area contributed by atoms with Crippen LogP contribution in [0.25, 0.3) is 10.9 Å². The molecule has 0 unspecified atom stereocenters. The van der Waals surface area contributed by atoms with Crippen molar-refractivity contribution in [3.8, 4) is 0 Å². The van der Waals surface area contributed by atoms with Gasteiger partial charge in [0.25, 0.3) is 11.5 Å². The lowest BCUT2D eigenvalue weighted by atomic mass is 10.1. The molecule has 1 aliphatic rings. The molecule has 0 radical (unpaired) electrons. The topological polar surface area (TPSA) is 91.1 Å². The lowest BCUT2D eigenvalue weighted by molar-refractivity contribution is -0.114. The van der Waals surface area contributed by atoms with Crippen LogP contribution in [0.2, 0.25) is 0 Å². The van der Waals surface area contributed by atoms with Gasteiger partial charge < -0.3 is 15.6 Å². The van der Waals surface area contributed by atoms with Crippen LogP contribution in [0.3, 0.4) is 0 Å². The van der Waals surface area contributed by atoms with Gasteiger partial charge >= 0.3 is 0 Å². The van der Waals surface area contributed by atoms with E-state index in [-0.39, 0.29) is 17.4 Å². The minimum atomic E-state index is -0.257. The second kappa shape index (κ2) is 6.72. The average Bonchev–Trinajstić information content (AvgIpc) is 3.12. The van der Waals surface area contributed by atoms with E-state index in [4.69, 9.17) is 0 Å². The summed E-state index contributed by atoms with van der Waals surface area (Å²) in [6.45, 7) is 1.43. The lowest BCUT2D eigenvalue weighted by Crippen LogP contribution is -2.14. The van der Waals surface area contributed by atoms with Gasteiger partial charge in [-0.15, -0.1) is 0 Å². The van der Waals surface area contributed by atoms with Gasteiger partial charge in [0, 0.05) is 34.8 Å². The summed E-state index contributed by atoms with van der Waals surface area (Å²) in [5.41, 5.74) is 4.44. The highest BCUT2D eigenvalue weighted by atomic mass is 16.2. The Hall–Kier alpha value is -3.41. The molecule has 136 valence electrons. The van der Waals surface area contributed by atoms with Crippen molar-refractivity contribution in [3.63, 3.8) is 0 Å². The van der Waals surface area contributed by atoms with Gasteiger partial charge in [-0.25, -0.2) is 0 Å². The number of aromatic amines is 1. The predicted octanol–water partition coefficient (Wildman–Crippen LogP) is 3.23. The van der Waals surface area contributed by atoms with Gasteiger partial charge in [-0.1, -0.05) is 6.07 Å². The maximum atomic E-state index is 12.5. The van der Waals surface area contributed by atoms with Gasteiger partial charge in [0.2, 0.25) is 5.91 Å². The number of carbonyl (C=O) groups is 2. The minimum Gasteiger partial charge on any atom is -0.326 e. The third-order valence-corrected chi connectivity index (χ3v) is 4.81. The maximum absolute atomic E-state index is 12.5. The third-order valence-electron chi connectivity index (χ3n) is 4.81. The molecular formula is C21H19N3O3. The zero-order valence-corrected chi connectivity index (χ0v) is 14.9. The Morgan fingerprint density at radius 1 is 0.926 bits per heavy atom. The highest BCUT2D eigenvalue weighted by Crippen LogP contribution is 2.27. The minimum absolute atomic E-state index is 0.0352. The molecule has 0 saturated carbocycles. The SMILES string of the molecule is CC(=O)Nc1ccc(C(=O)Nc2ccc3c4c(c(=O)[nH]c3c2)CCC4)cc1. The van der Waals surface area contributed by atoms with Crippen LogP contribution in [0.4, 0.5) is 11.4 Å². The summed E-state index contributed by atoms with van der Waals surface area (Å²) < 4.78 is 0. The van der Waals surface area contributed by atoms with E-state index in [0.717, 1.165) is 41.3 Å². The molecule has 0 saturated heterocycles. The van der Waals surface area contributed by atoms with E-state index < -0.39 is 0 Å². The molecule has 0 fully saturated rings. The second-order valence-corrected chi connectivity index (χ2v) is 6.74. The Balaban J connectivity index is 1.58. The normalized spacial score (nSPS) is 12.6. The summed E-state index contributed by atoms with van der Waals surface area (Å²) in [5.74, 6) is -0.420. The van der Waals surface area contributed by atoms with Gasteiger partial charge in [0.05, 0.1) is 5.52 Å². The molecule has 4 rings (SSSR count). The number of H-pyrrole nitrogens is 1. The van der Waals surface area contributed by atoms with E-state index in [1.807, 2.05) is 12.1 Å². The van der Waals surface area contributed by atoms with E-state index in [2.05, 4.69) is 15.6 Å². The number of anilines is 2. The monoisotopic (exact) mass is 361 g/mol. The number of rotatable bonds is 3. The molecule has 0 atom stereocenters. The van der Waals surface area contributed by atoms with Crippen molar-refractivity contribution in [2.45, 2.75) is 26.2 Å². The second-order valence-electron chi connectivity index (χ2n) is 6.74. The lowest BCUT2D eigenvalue weighted by Gasteiger charge is -2.09. The molecule has 0 spiro atoms. The van der Waals surface area contributed by atoms with Crippen LogP contribution in [-0.4, -0.2) is 16.8 Å². The number of pyridine rings is 1. The first kappa shape index (κ1) is 17.0. The van der Waals surface area contributed by atoms with E-state index >= 15 is 0 Å². The zero-order valence-electron chi connectivity index (χ0n) is 14.9. The smallest absolute Gasteiger partial charge is 0.255 e. The number of aromatic nitrogens is 1. The third kappa shape index (κ3) is 3.33. The first-order valence-electron chi connectivity index (χ1n) is 8.88. The molecule has 0 aliphatic heterocycles. The fraction of sp³-hybridized carbons (Fsp3) is 0.190. The molecule has 6 heteroatoms. The number of amides is 2. The average molecular weight is 361 g/mol. The summed E-state index contributed by atoms with van der Waals surface area (Å²) in [6.07, 6.45) is 2.75. The molecule has 6 nitrogen and oxygen atoms in total. The van der Waals surface area contributed by atoms with Crippen molar-refractivity contribution in [2.24, 2.45) is 0 Å². The first-order chi connectivity index (χ1) is 13.0. The summed E-state index contributed by atoms with van der Waals surface area (Å²) in [4.78, 5) is 38.7. The van der Waals surface area contributed by atoms with Crippen LogP contribution >= 0.6 is 0 Å². The Morgan fingerprint density at radius 3 is 2.37 bits per heavy atom. The molecule has 3 N–H and O–H groups in total. The van der Waals surface area contributed by atoms with Crippen molar-refractivity contribution in [3.05, 3.63) is 69.5 Å². The molecule has 1 heterocycles. The van der Waals surface area contributed by atoms with Gasteiger partial charge in [-0.05, 0) is 61.2 Å². The summed E-state index contributed by atoms with van der Waals surface area (Å²) in [6, 6.07) is 12.2. The molecule has 2 amide bonds. The number of carbonyl (C=O) groups excluding carboxylic acids is 2. The highest BCUT2D eigenvalue weighted by Gasteiger charge is 2.18. The standard InChI is InChI=1S/C21H19N3O3/c1-12(25)22-14-7-5-13(6-8-14)20(26)23-15-9-10-17-16-3-2-4-18(16)21(27)24-19(17)11-15/h5-11H,2-4H2,1H3,(H,22,25)(H,23,26)(H,24,27). The van der Waals surface area contributed by atoms with Crippen molar-refractivity contribution >= 4 is 34.1 Å². The number of aryl methyl sites for hydroxylation is 1. The number of hydrogen-bond acceptors (Lipinski definition) is 3. The van der Waals surface area contributed by atoms with Gasteiger partial charge in [-0.2, -0.15) is 0 Å². The fourth-order valence-electron chi connectivity index (χ4n) is 3.59. The van der Waals surface area contributed by atoms with Crippen LogP contribution < -0.4 is 16.2 Å². The van der Waals surface area contributed by atoms with Crippen molar-refractivity contribution in [2.75, 3.05) is 10.6 Å². The van der Waals surface area contributed by atoms with Gasteiger partial charge in [-0.3, -0.25) is 14.4 Å². The van der Waals surface area contributed by atoms with E-state index in [0.29, 0.717) is 16.9 Å². The van der Waals surface area contributed by atoms with Crippen LogP contribution in [0, 0.1) is 0 Å². The highest BCUT2D eigenvalue weighted by molar-refractivity contribution is 6.05. The molecule has 1 aromatic heterocycles. The van der Waals surface area contributed by atoms with Crippen LogP contribution in [-0.2, 0) is 17.6 Å². The molecule has 27 heavy (non-hydrogen) atoms. The number of nitrogens with one attached hydrogen (secondary N) is 3. The Labute approximate surface area is 155 Å². The predicted molar refractivity (Wildman–Crippen MR) is 105 cm³/mol. The quantitative estimate of drug-likeness (QED) is 0.669. The number of benzene rings is 2. The maximum Gasteiger partial charge on any atom is 0.255 e. The Kier molecular flexibility index (Phi) is 4.24. The molecule has 3 aromatic rings. The van der Waals surface area contributed by atoms with E-state index in [1.54, 1.807) is 30.3 Å². The summed E-state index contributed by atoms with van der Waals surface area (Å²) in [5, 5.41) is 6.55. The first-order valence-corrected chi connectivity index (χ1v) is 8.88.